The van der Waals surface area contributed by atoms with Crippen LogP contribution in [0.5, 0.6) is 0 Å². The number of amides is 5. The lowest BCUT2D eigenvalue weighted by Crippen LogP contribution is -2.71. The molecule has 56 nitrogen and oxygen atoms in total. The van der Waals surface area contributed by atoms with Gasteiger partial charge in [-0.25, -0.2) is 0 Å². The minimum absolute atomic E-state index is 0.848. The SMILES string of the molecule is CC(=O)N[C@H]1[C@H](OC[C@H]2O[C@@H](O[C@H]3[C@H](O)[C@@H](NC(C)=O)[C@H](O[C@H]4[C@@H](O)[C@@H](CO[C@@H]5O[C@H](CO)[C@@H](O[C@@H]6O[C@H](CO)[C@H](O)[C@H](O)[C@H]6O)[C@H](O)[C@H]5NC(C)=O)O[C@@H](O[C@H]5[C@H](O)[C@@H](NC(C)=O)C(O)O[C@@H]5CO)[C@@H]4O)O[C@@H]3CO)[C@H](O)[C@@H](O[C@@H]3O[C@H](CO)[C@@H](O[C@@H]4O[C@H](CO)[C@H](O)[C@H](O)[C@H]4O)[C@H](O)[C@H]3NC(C)=O)[C@H]2O)O[C@H](CO)[C@@H](O[C@@H]2O[C@H](CO)[C@H](O)[C@H](O)[C@H]2O)[C@@H]1O. The van der Waals surface area contributed by atoms with Gasteiger partial charge in [-0.05, 0) is 0 Å². The summed E-state index contributed by atoms with van der Waals surface area (Å²) in [6.45, 7) is -6.14. The van der Waals surface area contributed by atoms with E-state index in [2.05, 4.69) is 26.6 Å². The van der Waals surface area contributed by atoms with Gasteiger partial charge in [-0.1, -0.05) is 0 Å². The zero-order valence-corrected chi connectivity index (χ0v) is 67.8. The van der Waals surface area contributed by atoms with Crippen molar-refractivity contribution in [2.45, 2.75) is 341 Å². The van der Waals surface area contributed by atoms with Crippen LogP contribution in [-0.4, -0.2) is 540 Å². The second kappa shape index (κ2) is 45.5. The molecule has 126 heavy (non-hydrogen) atoms. The molecule has 5 amide bonds. The second-order valence-corrected chi connectivity index (χ2v) is 31.7. The van der Waals surface area contributed by atoms with Gasteiger partial charge in [0.25, 0.3) is 0 Å². The van der Waals surface area contributed by atoms with Gasteiger partial charge in [-0.15, -0.1) is 0 Å². The zero-order valence-electron chi connectivity index (χ0n) is 67.8. The summed E-state index contributed by atoms with van der Waals surface area (Å²) >= 11 is 0. The Kier molecular flexibility index (Phi) is 37.4. The van der Waals surface area contributed by atoms with Crippen LogP contribution < -0.4 is 26.6 Å². The summed E-state index contributed by atoms with van der Waals surface area (Å²) in [7, 11) is 0. The highest BCUT2D eigenvalue weighted by Gasteiger charge is 2.62. The summed E-state index contributed by atoms with van der Waals surface area (Å²) in [5.74, 6) is -4.71. The van der Waals surface area contributed by atoms with Crippen LogP contribution in [0.2, 0.25) is 0 Å². The van der Waals surface area contributed by atoms with Crippen LogP contribution in [0, 0.1) is 0 Å². The van der Waals surface area contributed by atoms with Crippen molar-refractivity contribution in [3.63, 3.8) is 0 Å². The largest absolute Gasteiger partial charge is 0.394 e. The normalized spacial score (nSPS) is 48.4. The standard InChI is InChI=1S/C70H117N5O51/c1-16(84)71-31-41(94)54(24(9-79)110-61(31)107)123-69-52(105)59(39(92)29(118-69)14-108-62-32(72-17(2)85)42(95)55(25(10-80)114-62)120-66-49(102)46(99)36(89)21(6-76)111-66)125-65-35(75-20(5)88)45(98)58(28(13-83)117-65)124-70-53(106)60(126-64-34(74-19(4)87)44(97)57(27(12-82)116-64)122-68-51(104)48(101)38(91)23(8-78)113-68)40(93)30(119-70)15-109-63-33(73-18(3)86)43(96)56(26(11-81)115-63)121-67-50(103)47(100)37(90)22(7-77)112-67/h21-70,76-83,89-107H,6-15H2,1-5H3,(H,71,84)(H,72,85)(H,73,86)(H,74,87)(H,75,88)/t21-,22-,23-,24-,25-,26-,27-,28-,29-,30-,31-,32-,33-,34-,35-,36+,37+,38+,39+,40+,41-,42-,43-,44-,45-,46+,47+,48+,49-,50-,51-,52-,53-,54-,55-,56-,57-,58-,59+,60+,61?,62-,63-,64+,65+,66+,67+,68+,69+,70+/m1/s1. The molecule has 0 aliphatic carbocycles. The third-order valence-corrected chi connectivity index (χ3v) is 22.9. The average Bonchev–Trinajstić information content (AvgIpc) is 0.770. The van der Waals surface area contributed by atoms with Gasteiger partial charge in [-0.3, -0.25) is 24.0 Å². The zero-order chi connectivity index (χ0) is 92.8. The highest BCUT2D eigenvalue weighted by atomic mass is 16.8. The Bertz CT molecular complexity index is 3440. The summed E-state index contributed by atoms with van der Waals surface area (Å²) < 4.78 is 113. The topological polar surface area (TPSA) is 867 Å². The molecule has 10 rings (SSSR count). The minimum atomic E-state index is -2.56. The maximum atomic E-state index is 13.4. The third-order valence-electron chi connectivity index (χ3n) is 22.9. The first-order valence-electron chi connectivity index (χ1n) is 40.1. The first-order chi connectivity index (χ1) is 59.6. The third kappa shape index (κ3) is 23.1. The van der Waals surface area contributed by atoms with E-state index in [4.69, 9.17) is 90.0 Å². The molecule has 0 radical (unpaired) electrons. The number of hydrogen-bond donors (Lipinski definition) is 32. The minimum Gasteiger partial charge on any atom is -0.394 e. The summed E-state index contributed by atoms with van der Waals surface area (Å²) in [6.07, 6.45) is -93.2. The van der Waals surface area contributed by atoms with E-state index in [-0.39, 0.29) is 0 Å². The Morgan fingerprint density at radius 2 is 0.405 bits per heavy atom. The molecule has 0 bridgehead atoms. The van der Waals surface area contributed by atoms with Gasteiger partial charge in [0.1, 0.15) is 244 Å². The van der Waals surface area contributed by atoms with Crippen LogP contribution >= 0.6 is 0 Å². The van der Waals surface area contributed by atoms with Crippen LogP contribution in [0.1, 0.15) is 34.6 Å². The van der Waals surface area contributed by atoms with Gasteiger partial charge >= 0.3 is 0 Å². The molecule has 0 spiro atoms. The second-order valence-electron chi connectivity index (χ2n) is 31.7. The van der Waals surface area contributed by atoms with Crippen molar-refractivity contribution in [1.82, 2.24) is 26.6 Å². The molecule has 1 unspecified atom stereocenters. The van der Waals surface area contributed by atoms with E-state index >= 15 is 0 Å². The lowest BCUT2D eigenvalue weighted by Gasteiger charge is -2.51. The van der Waals surface area contributed by atoms with E-state index in [0.29, 0.717) is 0 Å². The Balaban J connectivity index is 0.961. The number of rotatable bonds is 33. The molecule has 728 valence electrons. The van der Waals surface area contributed by atoms with Crippen LogP contribution in [0.3, 0.4) is 0 Å². The number of aliphatic hydroxyl groups is 27. The van der Waals surface area contributed by atoms with Gasteiger partial charge < -0.3 is 254 Å². The van der Waals surface area contributed by atoms with E-state index in [0.717, 1.165) is 34.6 Å². The fourth-order valence-corrected chi connectivity index (χ4v) is 16.3. The molecule has 0 aromatic rings. The lowest BCUT2D eigenvalue weighted by molar-refractivity contribution is -0.389. The molecule has 0 aromatic carbocycles. The molecule has 0 aromatic heterocycles. The molecule has 0 saturated carbocycles. The van der Waals surface area contributed by atoms with Crippen molar-refractivity contribution >= 4 is 29.5 Å². The van der Waals surface area contributed by atoms with E-state index in [1.54, 1.807) is 0 Å². The van der Waals surface area contributed by atoms with Crippen LogP contribution in [-0.2, 0) is 114 Å². The van der Waals surface area contributed by atoms with Crippen molar-refractivity contribution in [2.24, 2.45) is 0 Å². The van der Waals surface area contributed by atoms with E-state index < -0.39 is 402 Å². The van der Waals surface area contributed by atoms with Gasteiger partial charge in [0.15, 0.2) is 62.9 Å². The van der Waals surface area contributed by atoms with Crippen molar-refractivity contribution in [3.8, 4) is 0 Å². The predicted molar refractivity (Wildman–Crippen MR) is 388 cm³/mol. The maximum absolute atomic E-state index is 13.4. The Labute approximate surface area is 713 Å². The summed E-state index contributed by atoms with van der Waals surface area (Å²) in [5, 5.41) is 312. The van der Waals surface area contributed by atoms with Crippen LogP contribution in [0.25, 0.3) is 0 Å². The Morgan fingerprint density at radius 1 is 0.206 bits per heavy atom. The van der Waals surface area contributed by atoms with E-state index in [1.807, 2.05) is 0 Å². The van der Waals surface area contributed by atoms with Gasteiger partial charge in [0.05, 0.1) is 66.1 Å². The number of carbonyl (C=O) groups excluding carboxylic acids is 5. The number of carbonyl (C=O) groups is 5. The molecule has 32 N–H and O–H groups in total. The monoisotopic (exact) mass is 1840 g/mol. The number of hydrogen-bond acceptors (Lipinski definition) is 51. The summed E-state index contributed by atoms with van der Waals surface area (Å²) in [6, 6.07) is -9.55. The predicted octanol–water partition coefficient (Wildman–Crippen LogP) is -22.1. The average molecular weight is 1840 g/mol. The van der Waals surface area contributed by atoms with Crippen molar-refractivity contribution < 1.29 is 252 Å². The van der Waals surface area contributed by atoms with E-state index in [9.17, 15) is 162 Å². The lowest BCUT2D eigenvalue weighted by atomic mass is 9.93. The highest BCUT2D eigenvalue weighted by Crippen LogP contribution is 2.41. The summed E-state index contributed by atoms with van der Waals surface area (Å²) in [5.41, 5.74) is 0. The molecule has 10 aliphatic heterocycles. The number of ether oxygens (including phenoxy) is 19. The highest BCUT2D eigenvalue weighted by molar-refractivity contribution is 5.75. The van der Waals surface area contributed by atoms with Crippen LogP contribution in [0.15, 0.2) is 0 Å². The van der Waals surface area contributed by atoms with Crippen molar-refractivity contribution in [2.75, 3.05) is 66.1 Å². The summed E-state index contributed by atoms with van der Waals surface area (Å²) in [4.78, 5) is 64.6. The van der Waals surface area contributed by atoms with Crippen molar-refractivity contribution in [3.05, 3.63) is 0 Å². The Hall–Kier alpha value is -4.49. The molecular formula is C70H117N5O51. The van der Waals surface area contributed by atoms with Gasteiger partial charge in [0.2, 0.25) is 29.5 Å². The molecular weight excluding hydrogens is 1730 g/mol. The van der Waals surface area contributed by atoms with Gasteiger partial charge in [-0.2, -0.15) is 0 Å². The molecule has 10 aliphatic rings. The molecule has 10 heterocycles. The molecule has 10 saturated heterocycles. The molecule has 50 atom stereocenters. The number of nitrogens with one attached hydrogen (secondary N) is 5. The fourth-order valence-electron chi connectivity index (χ4n) is 16.3. The quantitative estimate of drug-likeness (QED) is 0.0290. The molecule has 56 heteroatoms. The number of aliphatic hydroxyl groups excluding tert-OH is 27. The van der Waals surface area contributed by atoms with Gasteiger partial charge in [0, 0.05) is 34.6 Å². The maximum Gasteiger partial charge on any atom is 0.217 e. The fraction of sp³-hybridized carbons (Fsp3) is 0.929. The van der Waals surface area contributed by atoms with Crippen molar-refractivity contribution in [1.29, 1.82) is 0 Å². The van der Waals surface area contributed by atoms with Crippen LogP contribution in [0.4, 0.5) is 0 Å². The first kappa shape index (κ1) is 104. The van der Waals surface area contributed by atoms with E-state index in [1.165, 1.54) is 0 Å². The Morgan fingerprint density at radius 3 is 0.659 bits per heavy atom. The first-order valence-corrected chi connectivity index (χ1v) is 40.1. The molecule has 10 fully saturated rings. The smallest absolute Gasteiger partial charge is 0.217 e.